The van der Waals surface area contributed by atoms with Crippen molar-refractivity contribution < 1.29 is 13.2 Å². The molecular formula is C17H19N3O3S2. The number of thioether (sulfide) groups is 1. The minimum absolute atomic E-state index is 0.373. The average Bonchev–Trinajstić information content (AvgIpc) is 2.98. The van der Waals surface area contributed by atoms with E-state index in [0.717, 1.165) is 10.5 Å². The van der Waals surface area contributed by atoms with Crippen molar-refractivity contribution in [1.29, 1.82) is 0 Å². The number of hydrogen-bond acceptors (Lipinski definition) is 4. The fourth-order valence-corrected chi connectivity index (χ4v) is 4.18. The molecule has 0 bridgehead atoms. The lowest BCUT2D eigenvalue weighted by Crippen LogP contribution is -2.27. The fraction of sp³-hybridized carbons (Fsp3) is 0.235. The van der Waals surface area contributed by atoms with E-state index in [1.54, 1.807) is 23.9 Å². The van der Waals surface area contributed by atoms with Crippen molar-refractivity contribution in [3.8, 4) is 0 Å². The van der Waals surface area contributed by atoms with Crippen LogP contribution in [0.3, 0.4) is 0 Å². The molecule has 2 aromatic rings. The van der Waals surface area contributed by atoms with Gasteiger partial charge in [0.15, 0.2) is 0 Å². The molecule has 0 atom stereocenters. The molecule has 0 aromatic heterocycles. The first-order chi connectivity index (χ1) is 11.9. The van der Waals surface area contributed by atoms with Gasteiger partial charge in [0.1, 0.15) is 0 Å². The zero-order valence-electron chi connectivity index (χ0n) is 13.9. The maximum Gasteiger partial charge on any atom is 0.323 e. The predicted molar refractivity (Wildman–Crippen MR) is 103 cm³/mol. The third-order valence-electron chi connectivity index (χ3n) is 3.92. The molecule has 0 aliphatic carbocycles. The van der Waals surface area contributed by atoms with E-state index in [2.05, 4.69) is 10.6 Å². The number of urea groups is 1. The first-order valence-electron chi connectivity index (χ1n) is 7.69. The highest BCUT2D eigenvalue weighted by molar-refractivity contribution is 7.98. The number of fused-ring (bicyclic) bond motifs is 1. The number of carbonyl (C=O) groups excluding carboxylic acids is 1. The van der Waals surface area contributed by atoms with E-state index in [1.807, 2.05) is 36.6 Å². The van der Waals surface area contributed by atoms with Gasteiger partial charge in [-0.1, -0.05) is 12.1 Å². The minimum atomic E-state index is -3.31. The topological polar surface area (TPSA) is 78.5 Å². The molecule has 8 heteroatoms. The van der Waals surface area contributed by atoms with Gasteiger partial charge < -0.3 is 10.6 Å². The molecule has 3 rings (SSSR count). The van der Waals surface area contributed by atoms with Gasteiger partial charge in [-0.05, 0) is 48.6 Å². The monoisotopic (exact) mass is 377 g/mol. The van der Waals surface area contributed by atoms with Crippen LogP contribution in [0.25, 0.3) is 0 Å². The molecule has 0 radical (unpaired) electrons. The van der Waals surface area contributed by atoms with Crippen LogP contribution >= 0.6 is 11.8 Å². The summed E-state index contributed by atoms with van der Waals surface area (Å²) in [6.07, 6.45) is 3.83. The highest BCUT2D eigenvalue weighted by atomic mass is 32.2. The molecule has 1 aliphatic rings. The van der Waals surface area contributed by atoms with E-state index in [0.29, 0.717) is 30.0 Å². The quantitative estimate of drug-likeness (QED) is 0.801. The SMILES string of the molecule is CSc1cccc(NC(=O)Nc2ccc3c(c2)N(S(C)(=O)=O)CC3)c1. The van der Waals surface area contributed by atoms with Crippen molar-refractivity contribution >= 4 is 44.9 Å². The molecular weight excluding hydrogens is 358 g/mol. The Morgan fingerprint density at radius 3 is 2.52 bits per heavy atom. The zero-order valence-corrected chi connectivity index (χ0v) is 15.6. The number of rotatable bonds is 4. The van der Waals surface area contributed by atoms with Gasteiger partial charge in [-0.15, -0.1) is 11.8 Å². The Bertz CT molecular complexity index is 913. The number of amides is 2. The van der Waals surface area contributed by atoms with Crippen molar-refractivity contribution in [1.82, 2.24) is 0 Å². The molecule has 2 N–H and O–H groups in total. The van der Waals surface area contributed by atoms with Crippen LogP contribution in [0.5, 0.6) is 0 Å². The molecule has 1 heterocycles. The van der Waals surface area contributed by atoms with Crippen LogP contribution in [0.4, 0.5) is 21.9 Å². The largest absolute Gasteiger partial charge is 0.323 e. The van der Waals surface area contributed by atoms with Crippen molar-refractivity contribution in [2.75, 3.05) is 34.0 Å². The van der Waals surface area contributed by atoms with Gasteiger partial charge in [0.2, 0.25) is 10.0 Å². The van der Waals surface area contributed by atoms with Gasteiger partial charge >= 0.3 is 6.03 Å². The summed E-state index contributed by atoms with van der Waals surface area (Å²) in [7, 11) is -3.31. The van der Waals surface area contributed by atoms with Crippen LogP contribution in [0, 0.1) is 0 Å². The van der Waals surface area contributed by atoms with Crippen LogP contribution in [0.1, 0.15) is 5.56 Å². The number of nitrogens with zero attached hydrogens (tertiary/aromatic N) is 1. The molecule has 0 spiro atoms. The highest BCUT2D eigenvalue weighted by Crippen LogP contribution is 2.32. The Kier molecular flexibility index (Phi) is 4.91. The Morgan fingerprint density at radius 2 is 1.84 bits per heavy atom. The molecule has 0 unspecified atom stereocenters. The zero-order chi connectivity index (χ0) is 18.0. The summed E-state index contributed by atoms with van der Waals surface area (Å²) >= 11 is 1.60. The van der Waals surface area contributed by atoms with Crippen LogP contribution in [0.2, 0.25) is 0 Å². The van der Waals surface area contributed by atoms with Crippen LogP contribution in [-0.4, -0.2) is 33.5 Å². The Balaban J connectivity index is 1.74. The summed E-state index contributed by atoms with van der Waals surface area (Å²) in [6, 6.07) is 12.5. The van der Waals surface area contributed by atoms with Crippen molar-refractivity contribution in [3.05, 3.63) is 48.0 Å². The van der Waals surface area contributed by atoms with Crippen LogP contribution in [-0.2, 0) is 16.4 Å². The number of sulfonamides is 1. The predicted octanol–water partition coefficient (Wildman–Crippen LogP) is 3.37. The summed E-state index contributed by atoms with van der Waals surface area (Å²) in [5, 5.41) is 5.53. The summed E-state index contributed by atoms with van der Waals surface area (Å²) in [4.78, 5) is 13.3. The number of hydrogen-bond donors (Lipinski definition) is 2. The van der Waals surface area contributed by atoms with Gasteiger partial charge in [0.25, 0.3) is 0 Å². The third-order valence-corrected chi connectivity index (χ3v) is 5.83. The van der Waals surface area contributed by atoms with E-state index in [9.17, 15) is 13.2 Å². The molecule has 0 fully saturated rings. The molecule has 1 aliphatic heterocycles. The average molecular weight is 377 g/mol. The lowest BCUT2D eigenvalue weighted by Gasteiger charge is -2.17. The van der Waals surface area contributed by atoms with Gasteiger partial charge in [-0.3, -0.25) is 4.31 Å². The van der Waals surface area contributed by atoms with Crippen LogP contribution in [0.15, 0.2) is 47.4 Å². The second-order valence-corrected chi connectivity index (χ2v) is 8.53. The summed E-state index contributed by atoms with van der Waals surface area (Å²) in [6.45, 7) is 0.436. The number of carbonyl (C=O) groups is 1. The molecule has 0 saturated carbocycles. The highest BCUT2D eigenvalue weighted by Gasteiger charge is 2.26. The van der Waals surface area contributed by atoms with E-state index in [4.69, 9.17) is 0 Å². The smallest absolute Gasteiger partial charge is 0.308 e. The van der Waals surface area contributed by atoms with E-state index < -0.39 is 10.0 Å². The number of anilines is 3. The summed E-state index contributed by atoms with van der Waals surface area (Å²) in [5.74, 6) is 0. The second-order valence-electron chi connectivity index (χ2n) is 5.74. The lowest BCUT2D eigenvalue weighted by molar-refractivity contribution is 0.262. The molecule has 6 nitrogen and oxygen atoms in total. The van der Waals surface area contributed by atoms with Gasteiger partial charge in [0, 0.05) is 22.8 Å². The maximum absolute atomic E-state index is 12.2. The second kappa shape index (κ2) is 6.97. The normalized spacial score (nSPS) is 13.4. The standard InChI is InChI=1S/C17H19N3O3S2/c1-24-15-5-3-4-13(10-15)18-17(21)19-14-7-6-12-8-9-20(16(12)11-14)25(2,22)23/h3-7,10-11H,8-9H2,1-2H3,(H2,18,19,21). The minimum Gasteiger partial charge on any atom is -0.308 e. The first-order valence-corrected chi connectivity index (χ1v) is 10.8. The lowest BCUT2D eigenvalue weighted by atomic mass is 10.1. The van der Waals surface area contributed by atoms with Crippen LogP contribution < -0.4 is 14.9 Å². The Morgan fingerprint density at radius 1 is 1.12 bits per heavy atom. The maximum atomic E-state index is 12.2. The number of nitrogens with one attached hydrogen (secondary N) is 2. The third kappa shape index (κ3) is 4.08. The van der Waals surface area contributed by atoms with Crippen molar-refractivity contribution in [2.24, 2.45) is 0 Å². The van der Waals surface area contributed by atoms with Gasteiger partial charge in [-0.2, -0.15) is 0 Å². The van der Waals surface area contributed by atoms with E-state index >= 15 is 0 Å². The first kappa shape index (κ1) is 17.6. The van der Waals surface area contributed by atoms with E-state index in [-0.39, 0.29) is 6.03 Å². The fourth-order valence-electron chi connectivity index (χ4n) is 2.77. The van der Waals surface area contributed by atoms with Crippen molar-refractivity contribution in [2.45, 2.75) is 11.3 Å². The summed E-state index contributed by atoms with van der Waals surface area (Å²) in [5.41, 5.74) is 2.84. The van der Waals surface area contributed by atoms with Gasteiger partial charge in [-0.25, -0.2) is 13.2 Å². The Labute approximate surface area is 151 Å². The Hall–Kier alpha value is -2.19. The molecule has 0 saturated heterocycles. The van der Waals surface area contributed by atoms with E-state index in [1.165, 1.54) is 10.6 Å². The van der Waals surface area contributed by atoms with Gasteiger partial charge in [0.05, 0.1) is 11.9 Å². The molecule has 132 valence electrons. The van der Waals surface area contributed by atoms with Crippen molar-refractivity contribution in [3.63, 3.8) is 0 Å². The summed E-state index contributed by atoms with van der Waals surface area (Å²) < 4.78 is 25.1. The molecule has 25 heavy (non-hydrogen) atoms. The molecule has 2 aromatic carbocycles. The number of benzene rings is 2. The molecule has 2 amide bonds.